The monoisotopic (exact) mass is 130 g/mol. The number of aromatic nitrogens is 2. The highest BCUT2D eigenvalue weighted by atomic mass is 32.1. The van der Waals surface area contributed by atoms with Crippen LogP contribution in [0.15, 0.2) is 17.1 Å². The quantitative estimate of drug-likeness (QED) is 0.500. The van der Waals surface area contributed by atoms with Gasteiger partial charge in [0.1, 0.15) is 0 Å². The van der Waals surface area contributed by atoms with E-state index in [0.29, 0.717) is 4.77 Å². The molecule has 0 aromatic carbocycles. The van der Waals surface area contributed by atoms with Crippen molar-refractivity contribution in [2.45, 2.75) is 0 Å². The molecule has 0 aliphatic carbocycles. The molecule has 8 heavy (non-hydrogen) atoms. The summed E-state index contributed by atoms with van der Waals surface area (Å²) < 4.78 is 0.359. The second kappa shape index (κ2) is 1.92. The van der Waals surface area contributed by atoms with Crippen molar-refractivity contribution in [2.24, 2.45) is 0 Å². The minimum atomic E-state index is -0.172. The second-order valence-corrected chi connectivity index (χ2v) is 1.70. The summed E-state index contributed by atoms with van der Waals surface area (Å²) in [4.78, 5) is 15.4. The fraction of sp³-hybridized carbons (Fsp3) is 0. The highest BCUT2D eigenvalue weighted by Gasteiger charge is 1.74. The molecule has 0 amide bonds. The van der Waals surface area contributed by atoms with Crippen LogP contribution in [0, 0.1) is 4.77 Å². The van der Waals surface area contributed by atoms with Crippen LogP contribution in [-0.4, -0.2) is 9.97 Å². The largest absolute Gasteiger partial charge is 0.339 e. The lowest BCUT2D eigenvalue weighted by molar-refractivity contribution is 1.09. The van der Waals surface area contributed by atoms with Crippen molar-refractivity contribution in [2.75, 3.05) is 0 Å². The number of rotatable bonds is 0. The summed E-state index contributed by atoms with van der Waals surface area (Å²) in [7, 11) is 0. The Hall–Kier alpha value is -0.900. The predicted molar refractivity (Wildman–Crippen MR) is 32.2 cm³/mol. The maximum atomic E-state index is 10.3. The van der Waals surface area contributed by atoms with Gasteiger partial charge in [0.2, 0.25) is 0 Å². The van der Waals surface area contributed by atoms with Crippen molar-refractivity contribution in [3.8, 4) is 0 Å². The number of H-pyrrole nitrogens is 2. The molecule has 0 saturated carbocycles. The molecular weight excluding hydrogens is 126 g/mol. The molecule has 42 valence electrons. The van der Waals surface area contributed by atoms with Gasteiger partial charge in [-0.1, -0.05) is 0 Å². The first kappa shape index (κ1) is 5.24. The first-order valence-electron chi connectivity index (χ1n) is 2.07. The zero-order valence-corrected chi connectivity index (χ0v) is 4.79. The third kappa shape index (κ3) is 1.04. The van der Waals surface area contributed by atoms with Gasteiger partial charge in [0.25, 0.3) is 5.56 Å². The molecule has 0 aliphatic rings. The zero-order valence-electron chi connectivity index (χ0n) is 3.97. The number of hydrogen-bond acceptors (Lipinski definition) is 2. The molecule has 1 heterocycles. The Balaban J connectivity index is 3.50. The van der Waals surface area contributed by atoms with E-state index in [2.05, 4.69) is 22.2 Å². The van der Waals surface area contributed by atoms with Crippen LogP contribution in [-0.2, 0) is 0 Å². The van der Waals surface area contributed by atoms with Gasteiger partial charge >= 0.3 is 0 Å². The first-order chi connectivity index (χ1) is 3.79. The van der Waals surface area contributed by atoms with Crippen LogP contribution in [0.25, 0.3) is 0 Å². The molecule has 3 nitrogen and oxygen atoms in total. The Labute approximate surface area is 50.4 Å². The fourth-order valence-electron chi connectivity index (χ4n) is 0.383. The van der Waals surface area contributed by atoms with Gasteiger partial charge in [-0.05, 0) is 12.2 Å². The summed E-state index contributed by atoms with van der Waals surface area (Å²) in [5, 5.41) is 0. The molecule has 0 atom stereocenters. The summed E-state index contributed by atoms with van der Waals surface area (Å²) in [5.74, 6) is 0. The smallest absolute Gasteiger partial charge is 0.251 e. The van der Waals surface area contributed by atoms with Crippen LogP contribution >= 0.6 is 12.2 Å². The van der Waals surface area contributed by atoms with Gasteiger partial charge in [0.05, 0.1) is 0 Å². The van der Waals surface area contributed by atoms with Crippen LogP contribution in [0.4, 0.5) is 0 Å². The maximum absolute atomic E-state index is 10.3. The molecule has 1 aromatic heterocycles. The predicted octanol–water partition coefficient (Wildman–Crippen LogP) is 0.432. The molecule has 4 heteroatoms. The summed E-state index contributed by atoms with van der Waals surface area (Å²) in [6.45, 7) is 0. The third-order valence-corrected chi connectivity index (χ3v) is 0.906. The van der Waals surface area contributed by atoms with E-state index in [1.54, 1.807) is 0 Å². The zero-order chi connectivity index (χ0) is 5.98. The highest BCUT2D eigenvalue weighted by molar-refractivity contribution is 7.71. The molecule has 0 fully saturated rings. The number of hydrogen-bond donors (Lipinski definition) is 2. The standard InChI is InChI=1S/C4H4N2OS/c7-3-1-2-5-4(8)6-3/h1-2H,(H2,5,6,7,8)/i2+2. The Kier molecular flexibility index (Phi) is 1.26. The molecule has 0 radical (unpaired) electrons. The minimum Gasteiger partial charge on any atom is -0.339 e. The maximum Gasteiger partial charge on any atom is 0.251 e. The molecule has 0 aliphatic heterocycles. The summed E-state index contributed by atoms with van der Waals surface area (Å²) in [5.41, 5.74) is -0.172. The molecule has 0 unspecified atom stereocenters. The van der Waals surface area contributed by atoms with Crippen LogP contribution < -0.4 is 5.56 Å². The molecule has 2 N–H and O–H groups in total. The average molecular weight is 130 g/mol. The van der Waals surface area contributed by atoms with Crippen molar-refractivity contribution >= 4 is 12.2 Å². The van der Waals surface area contributed by atoms with Crippen molar-refractivity contribution in [3.05, 3.63) is 27.4 Å². The van der Waals surface area contributed by atoms with Crippen molar-refractivity contribution in [3.63, 3.8) is 0 Å². The Morgan fingerprint density at radius 3 is 2.88 bits per heavy atom. The fourth-order valence-corrected chi connectivity index (χ4v) is 0.551. The van der Waals surface area contributed by atoms with Crippen molar-refractivity contribution in [1.29, 1.82) is 0 Å². The van der Waals surface area contributed by atoms with Gasteiger partial charge in [-0.25, -0.2) is 0 Å². The summed E-state index contributed by atoms with van der Waals surface area (Å²) >= 11 is 4.59. The van der Waals surface area contributed by atoms with Gasteiger partial charge in [-0.15, -0.1) is 0 Å². The lowest BCUT2D eigenvalue weighted by Crippen LogP contribution is -2.02. The topological polar surface area (TPSA) is 48.6 Å². The van der Waals surface area contributed by atoms with E-state index in [4.69, 9.17) is 0 Å². The Bertz CT molecular complexity index is 248. The summed E-state index contributed by atoms with van der Waals surface area (Å²) in [6.07, 6.45) is 1.50. The molecule has 0 bridgehead atoms. The molecule has 1 aromatic rings. The number of nitrogens with one attached hydrogen (secondary N) is 2. The molecule has 0 saturated heterocycles. The van der Waals surface area contributed by atoms with Crippen LogP contribution in [0.3, 0.4) is 0 Å². The molecule has 0 spiro atoms. The van der Waals surface area contributed by atoms with E-state index in [-0.39, 0.29) is 5.56 Å². The van der Waals surface area contributed by atoms with Crippen molar-refractivity contribution < 1.29 is 0 Å². The Morgan fingerprint density at radius 1 is 1.75 bits per heavy atom. The van der Waals surface area contributed by atoms with Gasteiger partial charge in [-0.2, -0.15) is 0 Å². The normalized spacial score (nSPS) is 9.00. The molecular formula is C4H4N2OS. The van der Waals surface area contributed by atoms with Gasteiger partial charge in [-0.3, -0.25) is 9.78 Å². The lowest BCUT2D eigenvalue weighted by atomic mass is 10.9. The Morgan fingerprint density at radius 2 is 2.50 bits per heavy atom. The number of aromatic amines is 2. The van der Waals surface area contributed by atoms with Gasteiger partial charge < -0.3 is 4.98 Å². The van der Waals surface area contributed by atoms with E-state index in [1.807, 2.05) is 0 Å². The van der Waals surface area contributed by atoms with Crippen LogP contribution in [0.1, 0.15) is 0 Å². The van der Waals surface area contributed by atoms with Gasteiger partial charge in [0.15, 0.2) is 4.77 Å². The van der Waals surface area contributed by atoms with Crippen LogP contribution in [0.2, 0.25) is 0 Å². The van der Waals surface area contributed by atoms with E-state index >= 15 is 0 Å². The SMILES string of the molecule is O=c1c[14cH][nH]c(=S)[nH]1. The van der Waals surface area contributed by atoms with E-state index in [0.717, 1.165) is 0 Å². The highest BCUT2D eigenvalue weighted by Crippen LogP contribution is 1.67. The molecule has 1 rings (SSSR count). The van der Waals surface area contributed by atoms with E-state index in [1.165, 1.54) is 12.3 Å². The van der Waals surface area contributed by atoms with Crippen LogP contribution in [0.5, 0.6) is 0 Å². The van der Waals surface area contributed by atoms with Gasteiger partial charge in [0, 0.05) is 12.3 Å². The lowest BCUT2D eigenvalue weighted by Gasteiger charge is -1.78. The first-order valence-corrected chi connectivity index (χ1v) is 2.48. The third-order valence-electron chi connectivity index (χ3n) is 0.686. The van der Waals surface area contributed by atoms with Crippen molar-refractivity contribution in [1.82, 2.24) is 9.97 Å². The van der Waals surface area contributed by atoms with E-state index in [9.17, 15) is 4.79 Å². The average Bonchev–Trinajstić information content (AvgIpc) is 1.64. The summed E-state index contributed by atoms with van der Waals surface area (Å²) in [6, 6.07) is 1.37. The minimum absolute atomic E-state index is 0.172. The van der Waals surface area contributed by atoms with E-state index < -0.39 is 0 Å². The second-order valence-electron chi connectivity index (χ2n) is 1.30.